The SMILES string of the molecule is CNCc1cc(F)cc(Sc2n[nH]c(=O)n2C(C)C)c1. The van der Waals surface area contributed by atoms with Crippen LogP contribution >= 0.6 is 11.8 Å². The molecule has 2 N–H and O–H groups in total. The normalized spacial score (nSPS) is 11.2. The molecular weight excluding hydrogens is 279 g/mol. The van der Waals surface area contributed by atoms with Crippen molar-refractivity contribution in [3.05, 3.63) is 40.1 Å². The third kappa shape index (κ3) is 3.29. The Morgan fingerprint density at radius 3 is 2.85 bits per heavy atom. The van der Waals surface area contributed by atoms with Crippen molar-refractivity contribution in [2.24, 2.45) is 0 Å². The molecule has 20 heavy (non-hydrogen) atoms. The lowest BCUT2D eigenvalue weighted by Crippen LogP contribution is -2.19. The van der Waals surface area contributed by atoms with Crippen molar-refractivity contribution in [3.8, 4) is 0 Å². The lowest BCUT2D eigenvalue weighted by atomic mass is 10.2. The minimum absolute atomic E-state index is 0.00547. The van der Waals surface area contributed by atoms with Gasteiger partial charge in [0.2, 0.25) is 0 Å². The van der Waals surface area contributed by atoms with E-state index in [0.717, 1.165) is 10.5 Å². The van der Waals surface area contributed by atoms with Gasteiger partial charge in [-0.1, -0.05) is 0 Å². The van der Waals surface area contributed by atoms with E-state index in [0.29, 0.717) is 11.7 Å². The molecule has 0 aliphatic heterocycles. The van der Waals surface area contributed by atoms with E-state index in [9.17, 15) is 9.18 Å². The van der Waals surface area contributed by atoms with Crippen LogP contribution in [0.3, 0.4) is 0 Å². The average molecular weight is 296 g/mol. The first kappa shape index (κ1) is 14.8. The number of rotatable bonds is 5. The zero-order valence-electron chi connectivity index (χ0n) is 11.6. The monoisotopic (exact) mass is 296 g/mol. The van der Waals surface area contributed by atoms with Crippen LogP contribution in [0.25, 0.3) is 0 Å². The number of nitrogens with zero attached hydrogens (tertiary/aromatic N) is 2. The van der Waals surface area contributed by atoms with Crippen molar-refractivity contribution < 1.29 is 4.39 Å². The smallest absolute Gasteiger partial charge is 0.316 e. The van der Waals surface area contributed by atoms with Crippen LogP contribution in [0.15, 0.2) is 33.0 Å². The summed E-state index contributed by atoms with van der Waals surface area (Å²) in [4.78, 5) is 12.4. The van der Waals surface area contributed by atoms with Gasteiger partial charge in [0.15, 0.2) is 5.16 Å². The molecule has 7 heteroatoms. The lowest BCUT2D eigenvalue weighted by Gasteiger charge is -2.09. The molecule has 1 heterocycles. The Morgan fingerprint density at radius 2 is 2.20 bits per heavy atom. The molecule has 0 bridgehead atoms. The predicted octanol–water partition coefficient (Wildman–Crippen LogP) is 2.16. The van der Waals surface area contributed by atoms with Crippen LogP contribution in [0.4, 0.5) is 4.39 Å². The molecular formula is C13H17FN4OS. The van der Waals surface area contributed by atoms with Crippen molar-refractivity contribution in [2.45, 2.75) is 36.5 Å². The fourth-order valence-electron chi connectivity index (χ4n) is 1.91. The maximum absolute atomic E-state index is 13.6. The van der Waals surface area contributed by atoms with Gasteiger partial charge in [-0.05, 0) is 56.4 Å². The van der Waals surface area contributed by atoms with Gasteiger partial charge in [0, 0.05) is 17.5 Å². The Morgan fingerprint density at radius 1 is 1.45 bits per heavy atom. The summed E-state index contributed by atoms with van der Waals surface area (Å²) >= 11 is 1.27. The summed E-state index contributed by atoms with van der Waals surface area (Å²) in [6, 6.07) is 4.80. The number of hydrogen-bond acceptors (Lipinski definition) is 4. The van der Waals surface area contributed by atoms with Gasteiger partial charge in [-0.3, -0.25) is 4.57 Å². The topological polar surface area (TPSA) is 62.7 Å². The van der Waals surface area contributed by atoms with Gasteiger partial charge >= 0.3 is 5.69 Å². The second-order valence-electron chi connectivity index (χ2n) is 4.70. The first-order valence-corrected chi connectivity index (χ1v) is 7.11. The van der Waals surface area contributed by atoms with Crippen LogP contribution in [-0.4, -0.2) is 21.8 Å². The van der Waals surface area contributed by atoms with E-state index in [-0.39, 0.29) is 17.5 Å². The molecule has 0 unspecified atom stereocenters. The van der Waals surface area contributed by atoms with E-state index in [4.69, 9.17) is 0 Å². The highest BCUT2D eigenvalue weighted by Gasteiger charge is 2.13. The lowest BCUT2D eigenvalue weighted by molar-refractivity contribution is 0.534. The van der Waals surface area contributed by atoms with Crippen molar-refractivity contribution in [2.75, 3.05) is 7.05 Å². The fourth-order valence-corrected chi connectivity index (χ4v) is 2.98. The molecule has 0 aliphatic rings. The predicted molar refractivity (Wildman–Crippen MR) is 76.5 cm³/mol. The summed E-state index contributed by atoms with van der Waals surface area (Å²) in [5.74, 6) is -0.297. The zero-order chi connectivity index (χ0) is 14.7. The van der Waals surface area contributed by atoms with Gasteiger partial charge in [0.1, 0.15) is 5.82 Å². The Hall–Kier alpha value is -1.60. The van der Waals surface area contributed by atoms with Gasteiger partial charge in [-0.2, -0.15) is 0 Å². The molecule has 0 atom stereocenters. The van der Waals surface area contributed by atoms with Crippen LogP contribution < -0.4 is 11.0 Å². The highest BCUT2D eigenvalue weighted by molar-refractivity contribution is 7.99. The largest absolute Gasteiger partial charge is 0.344 e. The van der Waals surface area contributed by atoms with Crippen LogP contribution in [0.2, 0.25) is 0 Å². The summed E-state index contributed by atoms with van der Waals surface area (Å²) in [5, 5.41) is 9.93. The average Bonchev–Trinajstić information content (AvgIpc) is 2.70. The second kappa shape index (κ2) is 6.23. The van der Waals surface area contributed by atoms with Gasteiger partial charge in [-0.15, -0.1) is 5.10 Å². The maximum Gasteiger partial charge on any atom is 0.344 e. The Kier molecular flexibility index (Phi) is 4.61. The van der Waals surface area contributed by atoms with Crippen LogP contribution in [-0.2, 0) is 6.54 Å². The summed E-state index contributed by atoms with van der Waals surface area (Å²) in [7, 11) is 1.81. The molecule has 2 rings (SSSR count). The number of nitrogens with one attached hydrogen (secondary N) is 2. The van der Waals surface area contributed by atoms with Crippen molar-refractivity contribution >= 4 is 11.8 Å². The number of halogens is 1. The third-order valence-corrected chi connectivity index (χ3v) is 3.65. The van der Waals surface area contributed by atoms with Gasteiger partial charge in [0.25, 0.3) is 0 Å². The van der Waals surface area contributed by atoms with Gasteiger partial charge < -0.3 is 5.32 Å². The van der Waals surface area contributed by atoms with E-state index in [2.05, 4.69) is 15.5 Å². The van der Waals surface area contributed by atoms with Crippen LogP contribution in [0, 0.1) is 5.82 Å². The third-order valence-electron chi connectivity index (χ3n) is 2.71. The Balaban J connectivity index is 2.32. The van der Waals surface area contributed by atoms with Crippen molar-refractivity contribution in [3.63, 3.8) is 0 Å². The van der Waals surface area contributed by atoms with E-state index in [1.54, 1.807) is 4.57 Å². The van der Waals surface area contributed by atoms with Gasteiger partial charge in [0.05, 0.1) is 0 Å². The highest BCUT2D eigenvalue weighted by Crippen LogP contribution is 2.28. The first-order chi connectivity index (χ1) is 9.51. The standard InChI is InChI=1S/C13H17FN4OS/c1-8(2)18-12(19)16-17-13(18)20-11-5-9(7-15-3)4-10(14)6-11/h4-6,8,15H,7H2,1-3H3,(H,16,19). The highest BCUT2D eigenvalue weighted by atomic mass is 32.2. The number of aromatic amines is 1. The summed E-state index contributed by atoms with van der Waals surface area (Å²) in [6.07, 6.45) is 0. The molecule has 0 amide bonds. The molecule has 2 aromatic rings. The maximum atomic E-state index is 13.6. The van der Waals surface area contributed by atoms with Gasteiger partial charge in [-0.25, -0.2) is 14.3 Å². The minimum Gasteiger partial charge on any atom is -0.316 e. The second-order valence-corrected chi connectivity index (χ2v) is 5.74. The number of benzene rings is 1. The molecule has 1 aromatic carbocycles. The van der Waals surface area contributed by atoms with E-state index in [1.165, 1.54) is 23.9 Å². The van der Waals surface area contributed by atoms with Crippen molar-refractivity contribution in [1.29, 1.82) is 0 Å². The van der Waals surface area contributed by atoms with E-state index < -0.39 is 0 Å². The molecule has 108 valence electrons. The van der Waals surface area contributed by atoms with Crippen LogP contribution in [0.5, 0.6) is 0 Å². The van der Waals surface area contributed by atoms with Crippen LogP contribution in [0.1, 0.15) is 25.5 Å². The van der Waals surface area contributed by atoms with Crippen molar-refractivity contribution in [1.82, 2.24) is 20.1 Å². The summed E-state index contributed by atoms with van der Waals surface area (Å²) in [5.41, 5.74) is 0.596. The summed E-state index contributed by atoms with van der Waals surface area (Å²) < 4.78 is 15.1. The molecule has 1 aromatic heterocycles. The fraction of sp³-hybridized carbons (Fsp3) is 0.385. The Labute approximate surface area is 120 Å². The van der Waals surface area contributed by atoms with E-state index >= 15 is 0 Å². The zero-order valence-corrected chi connectivity index (χ0v) is 12.4. The quantitative estimate of drug-likeness (QED) is 0.887. The summed E-state index contributed by atoms with van der Waals surface area (Å²) in [6.45, 7) is 4.39. The number of hydrogen-bond donors (Lipinski definition) is 2. The minimum atomic E-state index is -0.297. The number of H-pyrrole nitrogens is 1. The molecule has 0 spiro atoms. The van der Waals surface area contributed by atoms with E-state index in [1.807, 2.05) is 27.0 Å². The molecule has 0 aliphatic carbocycles. The molecule has 0 radical (unpaired) electrons. The first-order valence-electron chi connectivity index (χ1n) is 6.30. The number of aromatic nitrogens is 3. The molecule has 0 fully saturated rings. The Bertz CT molecular complexity index is 650. The molecule has 0 saturated heterocycles. The molecule has 0 saturated carbocycles. The molecule has 5 nitrogen and oxygen atoms in total.